The maximum absolute atomic E-state index is 13.0. The Balaban J connectivity index is 1.35. The van der Waals surface area contributed by atoms with Gasteiger partial charge in [0.25, 0.3) is 11.8 Å². The number of imide groups is 1. The fourth-order valence-corrected chi connectivity index (χ4v) is 8.75. The number of benzene rings is 5. The molecule has 3 N–H and O–H groups in total. The van der Waals surface area contributed by atoms with E-state index in [1.165, 1.54) is 4.90 Å². The summed E-state index contributed by atoms with van der Waals surface area (Å²) in [5, 5.41) is 36.8. The van der Waals surface area contributed by atoms with Crippen molar-refractivity contribution in [3.8, 4) is 23.0 Å². The van der Waals surface area contributed by atoms with E-state index >= 15 is 0 Å². The first-order valence-electron chi connectivity index (χ1n) is 22.7. The van der Waals surface area contributed by atoms with E-state index in [0.29, 0.717) is 42.6 Å². The number of carbonyl (C=O) groups excluding carboxylic acids is 2. The second-order valence-corrected chi connectivity index (χ2v) is 22.0. The van der Waals surface area contributed by atoms with Crippen LogP contribution in [0, 0.1) is 0 Å². The van der Waals surface area contributed by atoms with Gasteiger partial charge >= 0.3 is 0 Å². The first-order valence-corrected chi connectivity index (χ1v) is 22.7. The molecule has 8 nitrogen and oxygen atoms in total. The standard InChI is InChI=1S/C56H67NO7/c1-53(2,3)41-25-33-21-35-27-42(54(4,5)6)29-37(48(35)59)23-39-31-44(56(10,11)12)32-40(24-38-30-43(55(7,8)9)28-36(49(38)60)22-34(26-41)47(33)58)50(39)64-20-19-63-18-17-57-51(61)45-15-13-14-16-46(45)52(57)62/h13-16,25-32,58-60H,17-24H2,1-12H3. The van der Waals surface area contributed by atoms with Crippen LogP contribution in [0.5, 0.6) is 23.0 Å². The van der Waals surface area contributed by atoms with Crippen molar-refractivity contribution in [3.63, 3.8) is 0 Å². The van der Waals surface area contributed by atoms with Crippen LogP contribution in [0.25, 0.3) is 0 Å². The Kier molecular flexibility index (Phi) is 12.4. The normalized spacial score (nSPS) is 14.5. The Morgan fingerprint density at radius 2 is 0.750 bits per heavy atom. The molecule has 5 aromatic rings. The second-order valence-electron chi connectivity index (χ2n) is 22.0. The largest absolute Gasteiger partial charge is 0.507 e. The molecular formula is C56H67NO7. The molecule has 2 amide bonds. The minimum Gasteiger partial charge on any atom is -0.507 e. The number of phenols is 3. The highest BCUT2D eigenvalue weighted by molar-refractivity contribution is 6.21. The van der Waals surface area contributed by atoms with Crippen molar-refractivity contribution in [3.05, 3.63) is 151 Å². The highest BCUT2D eigenvalue weighted by Crippen LogP contribution is 2.43. The Morgan fingerprint density at radius 1 is 0.453 bits per heavy atom. The summed E-state index contributed by atoms with van der Waals surface area (Å²) in [7, 11) is 0. The van der Waals surface area contributed by atoms with Crippen LogP contribution in [-0.2, 0) is 52.1 Å². The minimum absolute atomic E-state index is 0.124. The van der Waals surface area contributed by atoms with Gasteiger partial charge in [0.2, 0.25) is 0 Å². The number of aromatic hydroxyl groups is 3. The lowest BCUT2D eigenvalue weighted by Crippen LogP contribution is -2.33. The zero-order chi connectivity index (χ0) is 46.7. The summed E-state index contributed by atoms with van der Waals surface area (Å²) >= 11 is 0. The van der Waals surface area contributed by atoms with E-state index in [-0.39, 0.29) is 77.1 Å². The number of phenolic OH excluding ortho intramolecular Hbond substituents is 3. The lowest BCUT2D eigenvalue weighted by Gasteiger charge is -2.27. The average molecular weight is 866 g/mol. The summed E-state index contributed by atoms with van der Waals surface area (Å²) < 4.78 is 12.8. The van der Waals surface area contributed by atoms with E-state index in [2.05, 4.69) is 132 Å². The van der Waals surface area contributed by atoms with Crippen molar-refractivity contribution in [2.75, 3.05) is 26.4 Å². The SMILES string of the molecule is CC(C)(C)c1cc2c(O)c(c1)Cc1cc(C(C)(C)C)cc(c1O)Cc1cc(C(C)(C)C)cc(c1OCCOCCN1C(=O)c3ccccc3C1=O)Cc1cc(C(C)(C)C)cc(c1O)C2. The summed E-state index contributed by atoms with van der Waals surface area (Å²) in [6, 6.07) is 23.7. The van der Waals surface area contributed by atoms with Crippen molar-refractivity contribution in [2.24, 2.45) is 0 Å². The predicted octanol–water partition coefficient (Wildman–Crippen LogP) is 11.4. The predicted molar refractivity (Wildman–Crippen MR) is 255 cm³/mol. The molecule has 0 unspecified atom stereocenters. The molecule has 0 spiro atoms. The van der Waals surface area contributed by atoms with Gasteiger partial charge in [-0.05, 0) is 101 Å². The first-order chi connectivity index (χ1) is 29.8. The molecule has 0 aromatic heterocycles. The molecule has 1 aliphatic heterocycles. The number of hydrogen-bond donors (Lipinski definition) is 3. The summed E-state index contributed by atoms with van der Waals surface area (Å²) in [4.78, 5) is 27.2. The summed E-state index contributed by atoms with van der Waals surface area (Å²) in [6.07, 6.45) is 1.32. The number of fused-ring (bicyclic) bond motifs is 9. The fourth-order valence-electron chi connectivity index (χ4n) is 8.75. The Bertz CT molecular complexity index is 2470. The molecule has 8 bridgehead atoms. The Labute approximate surface area is 380 Å². The van der Waals surface area contributed by atoms with Gasteiger partial charge in [-0.25, -0.2) is 0 Å². The molecule has 64 heavy (non-hydrogen) atoms. The summed E-state index contributed by atoms with van der Waals surface area (Å²) in [5.74, 6) is 0.568. The molecule has 2 aliphatic rings. The summed E-state index contributed by atoms with van der Waals surface area (Å²) in [5.41, 5.74) is 10.3. The Hall–Kier alpha value is -5.60. The zero-order valence-corrected chi connectivity index (χ0v) is 40.0. The van der Waals surface area contributed by atoms with Crippen LogP contribution in [-0.4, -0.2) is 58.4 Å². The molecule has 1 aliphatic carbocycles. The number of carbonyl (C=O) groups is 2. The zero-order valence-electron chi connectivity index (χ0n) is 40.0. The van der Waals surface area contributed by atoms with Gasteiger partial charge in [-0.15, -0.1) is 0 Å². The smallest absolute Gasteiger partial charge is 0.261 e. The quantitative estimate of drug-likeness (QED) is 0.108. The average Bonchev–Trinajstić information content (AvgIpc) is 3.43. The lowest BCUT2D eigenvalue weighted by molar-refractivity contribution is 0.0527. The van der Waals surface area contributed by atoms with Gasteiger partial charge in [-0.1, -0.05) is 144 Å². The van der Waals surface area contributed by atoms with Crippen molar-refractivity contribution in [1.29, 1.82) is 0 Å². The Morgan fingerprint density at radius 3 is 1.06 bits per heavy atom. The third-order valence-electron chi connectivity index (χ3n) is 12.8. The molecule has 338 valence electrons. The fraction of sp³-hybridized carbons (Fsp3) is 0.429. The van der Waals surface area contributed by atoms with Crippen LogP contribution in [0.3, 0.4) is 0 Å². The molecule has 0 fully saturated rings. The van der Waals surface area contributed by atoms with Gasteiger partial charge in [-0.3, -0.25) is 14.5 Å². The topological polar surface area (TPSA) is 117 Å². The molecule has 7 rings (SSSR count). The van der Waals surface area contributed by atoms with Crippen molar-refractivity contribution >= 4 is 11.8 Å². The van der Waals surface area contributed by atoms with E-state index in [1.807, 2.05) is 0 Å². The molecule has 1 heterocycles. The van der Waals surface area contributed by atoms with Crippen molar-refractivity contribution in [2.45, 2.75) is 130 Å². The monoisotopic (exact) mass is 865 g/mol. The maximum Gasteiger partial charge on any atom is 0.261 e. The van der Waals surface area contributed by atoms with E-state index in [1.54, 1.807) is 24.3 Å². The lowest BCUT2D eigenvalue weighted by atomic mass is 9.79. The third-order valence-corrected chi connectivity index (χ3v) is 12.8. The highest BCUT2D eigenvalue weighted by Gasteiger charge is 2.35. The van der Waals surface area contributed by atoms with E-state index in [9.17, 15) is 24.9 Å². The number of nitrogens with zero attached hydrogens (tertiary/aromatic N) is 1. The third kappa shape index (κ3) is 9.58. The molecule has 5 aromatic carbocycles. The van der Waals surface area contributed by atoms with Crippen LogP contribution in [0.15, 0.2) is 72.8 Å². The minimum atomic E-state index is -0.317. The molecule has 8 heteroatoms. The van der Waals surface area contributed by atoms with Crippen LogP contribution in [0.1, 0.15) is 171 Å². The molecular weight excluding hydrogens is 799 g/mol. The number of rotatable bonds is 7. The summed E-state index contributed by atoms with van der Waals surface area (Å²) in [6.45, 7) is 26.7. The van der Waals surface area contributed by atoms with Crippen LogP contribution < -0.4 is 4.74 Å². The molecule has 0 atom stereocenters. The molecule has 0 saturated heterocycles. The number of amides is 2. The van der Waals surface area contributed by atoms with Gasteiger partial charge < -0.3 is 24.8 Å². The van der Waals surface area contributed by atoms with Gasteiger partial charge in [0, 0.05) is 25.7 Å². The van der Waals surface area contributed by atoms with Gasteiger partial charge in [0.1, 0.15) is 29.6 Å². The van der Waals surface area contributed by atoms with E-state index in [0.717, 1.165) is 66.8 Å². The van der Waals surface area contributed by atoms with Gasteiger partial charge in [0.05, 0.1) is 30.9 Å². The van der Waals surface area contributed by atoms with Gasteiger partial charge in [-0.2, -0.15) is 0 Å². The number of hydrogen-bond acceptors (Lipinski definition) is 7. The van der Waals surface area contributed by atoms with Gasteiger partial charge in [0.15, 0.2) is 0 Å². The van der Waals surface area contributed by atoms with E-state index < -0.39 is 0 Å². The maximum atomic E-state index is 13.0. The van der Waals surface area contributed by atoms with E-state index in [4.69, 9.17) is 9.47 Å². The first kappa shape index (κ1) is 46.4. The number of ether oxygens (including phenoxy) is 2. The highest BCUT2D eigenvalue weighted by atomic mass is 16.5. The molecule has 0 saturated carbocycles. The van der Waals surface area contributed by atoms with Crippen molar-refractivity contribution in [1.82, 2.24) is 4.90 Å². The van der Waals surface area contributed by atoms with Crippen LogP contribution in [0.2, 0.25) is 0 Å². The molecule has 0 radical (unpaired) electrons. The second kappa shape index (κ2) is 17.1. The van der Waals surface area contributed by atoms with Crippen molar-refractivity contribution < 1.29 is 34.4 Å². The van der Waals surface area contributed by atoms with Crippen LogP contribution >= 0.6 is 0 Å². The van der Waals surface area contributed by atoms with Crippen LogP contribution in [0.4, 0.5) is 0 Å².